The number of aromatic amines is 1. The van der Waals surface area contributed by atoms with Crippen molar-refractivity contribution >= 4 is 33.9 Å². The molecule has 1 amide bonds. The molecule has 0 unspecified atom stereocenters. The number of ether oxygens (including phenoxy) is 1. The maximum absolute atomic E-state index is 13.5. The Morgan fingerprint density at radius 1 is 1.14 bits per heavy atom. The Kier molecular flexibility index (Phi) is 6.42. The van der Waals surface area contributed by atoms with Crippen LogP contribution in [0.5, 0.6) is 5.75 Å². The summed E-state index contributed by atoms with van der Waals surface area (Å²) < 4.78 is 5.39. The first-order valence-corrected chi connectivity index (χ1v) is 13.1. The van der Waals surface area contributed by atoms with Gasteiger partial charge in [0.2, 0.25) is 5.78 Å². The smallest absolute Gasteiger partial charge is 0.290 e. The average molecular weight is 515 g/mol. The van der Waals surface area contributed by atoms with Crippen molar-refractivity contribution in [2.75, 3.05) is 13.7 Å². The number of thiophene rings is 1. The van der Waals surface area contributed by atoms with Crippen LogP contribution < -0.4 is 4.74 Å². The van der Waals surface area contributed by atoms with E-state index < -0.39 is 17.7 Å². The van der Waals surface area contributed by atoms with E-state index in [1.54, 1.807) is 24.1 Å². The number of nitrogens with zero attached hydrogens (tertiary/aromatic N) is 1. The number of carbonyl (C=O) groups is 2. The fourth-order valence-electron chi connectivity index (χ4n) is 4.90. The second kappa shape index (κ2) is 9.56. The lowest BCUT2D eigenvalue weighted by molar-refractivity contribution is -0.129. The van der Waals surface area contributed by atoms with Gasteiger partial charge in [-0.1, -0.05) is 51.1 Å². The summed E-state index contributed by atoms with van der Waals surface area (Å²) in [6.07, 6.45) is 2.48. The maximum Gasteiger partial charge on any atom is 0.290 e. The van der Waals surface area contributed by atoms with Crippen molar-refractivity contribution in [3.05, 3.63) is 99.1 Å². The van der Waals surface area contributed by atoms with Crippen LogP contribution in [0.25, 0.3) is 10.9 Å². The van der Waals surface area contributed by atoms with Gasteiger partial charge < -0.3 is 19.7 Å². The number of Topliss-reactive ketones (excluding diaryl/α,β-unsaturated/α-hetero) is 1. The average Bonchev–Trinajstić information content (AvgIpc) is 3.61. The molecule has 0 radical (unpaired) electrons. The molecule has 6 nitrogen and oxygen atoms in total. The van der Waals surface area contributed by atoms with Crippen LogP contribution in [-0.2, 0) is 16.6 Å². The summed E-state index contributed by atoms with van der Waals surface area (Å²) >= 11 is 1.30. The summed E-state index contributed by atoms with van der Waals surface area (Å²) in [7, 11) is 1.63. The topological polar surface area (TPSA) is 82.6 Å². The third-order valence-corrected chi connectivity index (χ3v) is 7.85. The minimum absolute atomic E-state index is 0.0340. The highest BCUT2D eigenvalue weighted by molar-refractivity contribution is 7.12. The van der Waals surface area contributed by atoms with E-state index in [9.17, 15) is 14.7 Å². The number of hydrogen-bond acceptors (Lipinski definition) is 5. The van der Waals surface area contributed by atoms with E-state index in [4.69, 9.17) is 4.74 Å². The van der Waals surface area contributed by atoms with Crippen molar-refractivity contribution < 1.29 is 19.4 Å². The number of rotatable bonds is 7. The van der Waals surface area contributed by atoms with Crippen LogP contribution in [0.1, 0.15) is 53.2 Å². The Balaban J connectivity index is 1.51. The number of hydrogen-bond donors (Lipinski definition) is 2. The lowest BCUT2D eigenvalue weighted by Gasteiger charge is -2.27. The SMILES string of the molecule is COc1ccc2[nH]cc(CCN3C(=O)C(O)=C(C(=O)c4cccs4)[C@H]3c3ccc(C(C)(C)C)cc3)c2c1. The molecular weight excluding hydrogens is 484 g/mol. The van der Waals surface area contributed by atoms with Crippen LogP contribution in [0.2, 0.25) is 0 Å². The molecule has 0 aliphatic carbocycles. The fourth-order valence-corrected chi connectivity index (χ4v) is 5.58. The summed E-state index contributed by atoms with van der Waals surface area (Å²) in [4.78, 5) is 32.2. The number of ketones is 1. The highest BCUT2D eigenvalue weighted by atomic mass is 32.1. The summed E-state index contributed by atoms with van der Waals surface area (Å²) in [5.74, 6) is -0.554. The molecule has 4 aromatic rings. The second-order valence-electron chi connectivity index (χ2n) is 10.3. The van der Waals surface area contributed by atoms with E-state index in [1.165, 1.54) is 11.3 Å². The van der Waals surface area contributed by atoms with E-state index in [1.807, 2.05) is 54.0 Å². The zero-order chi connectivity index (χ0) is 26.3. The molecule has 37 heavy (non-hydrogen) atoms. The summed E-state index contributed by atoms with van der Waals surface area (Å²) in [5, 5.41) is 13.8. The van der Waals surface area contributed by atoms with Gasteiger partial charge in [0, 0.05) is 23.6 Å². The molecule has 1 aliphatic heterocycles. The molecule has 0 spiro atoms. The third-order valence-electron chi connectivity index (χ3n) is 6.98. The van der Waals surface area contributed by atoms with Gasteiger partial charge in [0.1, 0.15) is 5.75 Å². The Labute approximate surface area is 220 Å². The molecule has 0 saturated carbocycles. The van der Waals surface area contributed by atoms with Crippen molar-refractivity contribution in [1.29, 1.82) is 0 Å². The van der Waals surface area contributed by atoms with Crippen molar-refractivity contribution in [3.8, 4) is 5.75 Å². The number of aliphatic hydroxyl groups is 1. The van der Waals surface area contributed by atoms with Gasteiger partial charge in [-0.25, -0.2) is 0 Å². The maximum atomic E-state index is 13.5. The van der Waals surface area contributed by atoms with Gasteiger partial charge in [-0.3, -0.25) is 9.59 Å². The molecule has 1 aliphatic rings. The number of methoxy groups -OCH3 is 1. The van der Waals surface area contributed by atoms with Crippen LogP contribution in [0.4, 0.5) is 0 Å². The van der Waals surface area contributed by atoms with E-state index in [2.05, 4.69) is 25.8 Å². The zero-order valence-electron chi connectivity index (χ0n) is 21.4. The van der Waals surface area contributed by atoms with Gasteiger partial charge in [0.25, 0.3) is 5.91 Å². The van der Waals surface area contributed by atoms with Gasteiger partial charge in [-0.2, -0.15) is 0 Å². The monoisotopic (exact) mass is 514 g/mol. The first-order chi connectivity index (χ1) is 17.7. The number of H-pyrrole nitrogens is 1. The van der Waals surface area contributed by atoms with Crippen LogP contribution in [-0.4, -0.2) is 40.3 Å². The van der Waals surface area contributed by atoms with Crippen LogP contribution in [0, 0.1) is 0 Å². The highest BCUT2D eigenvalue weighted by Gasteiger charge is 2.43. The van der Waals surface area contributed by atoms with Crippen LogP contribution in [0.3, 0.4) is 0 Å². The predicted molar refractivity (Wildman–Crippen MR) is 146 cm³/mol. The van der Waals surface area contributed by atoms with Crippen molar-refractivity contribution in [2.45, 2.75) is 38.6 Å². The Morgan fingerprint density at radius 3 is 2.54 bits per heavy atom. The summed E-state index contributed by atoms with van der Waals surface area (Å²) in [6, 6.07) is 16.7. The minimum atomic E-state index is -0.670. The number of fused-ring (bicyclic) bond motifs is 1. The Hall–Kier alpha value is -3.84. The lowest BCUT2D eigenvalue weighted by Crippen LogP contribution is -2.33. The molecule has 7 heteroatoms. The molecule has 3 heterocycles. The van der Waals surface area contributed by atoms with Gasteiger partial charge in [0.15, 0.2) is 5.76 Å². The predicted octanol–water partition coefficient (Wildman–Crippen LogP) is 6.36. The first kappa shape index (κ1) is 24.8. The van der Waals surface area contributed by atoms with Gasteiger partial charge >= 0.3 is 0 Å². The Morgan fingerprint density at radius 2 is 1.89 bits per heavy atom. The number of amides is 1. The van der Waals surface area contributed by atoms with Crippen molar-refractivity contribution in [3.63, 3.8) is 0 Å². The summed E-state index contributed by atoms with van der Waals surface area (Å²) in [6.45, 7) is 6.75. The standard InChI is InChI=1S/C30H30N2O4S/c1-30(2,3)20-9-7-18(8-10-20)26-25(27(33)24-6-5-15-37-24)28(34)29(35)32(26)14-13-19-17-31-23-12-11-21(36-4)16-22(19)23/h5-12,15-17,26,31,34H,13-14H2,1-4H3/t26-/m1/s1. The Bertz CT molecular complexity index is 1490. The number of aliphatic hydroxyl groups excluding tert-OH is 1. The molecule has 0 fully saturated rings. The highest BCUT2D eigenvalue weighted by Crippen LogP contribution is 2.40. The summed E-state index contributed by atoms with van der Waals surface area (Å²) in [5.41, 5.74) is 4.06. The normalized spacial score (nSPS) is 16.2. The minimum Gasteiger partial charge on any atom is -0.503 e. The molecular formula is C30H30N2O4S. The molecule has 0 bridgehead atoms. The number of carbonyl (C=O) groups excluding carboxylic acids is 2. The van der Waals surface area contributed by atoms with Crippen LogP contribution in [0.15, 0.2) is 77.5 Å². The lowest BCUT2D eigenvalue weighted by atomic mass is 9.85. The van der Waals surface area contributed by atoms with Gasteiger partial charge in [0.05, 0.1) is 23.6 Å². The number of benzene rings is 2. The number of aromatic nitrogens is 1. The molecule has 2 N–H and O–H groups in total. The molecule has 2 aromatic heterocycles. The van der Waals surface area contributed by atoms with E-state index in [0.29, 0.717) is 17.8 Å². The number of nitrogens with one attached hydrogen (secondary N) is 1. The van der Waals surface area contributed by atoms with E-state index >= 15 is 0 Å². The van der Waals surface area contributed by atoms with E-state index in [-0.39, 0.29) is 16.8 Å². The zero-order valence-corrected chi connectivity index (χ0v) is 22.2. The van der Waals surface area contributed by atoms with Crippen molar-refractivity contribution in [1.82, 2.24) is 9.88 Å². The molecule has 190 valence electrons. The van der Waals surface area contributed by atoms with Crippen LogP contribution >= 0.6 is 11.3 Å². The first-order valence-electron chi connectivity index (χ1n) is 12.3. The fraction of sp³-hybridized carbons (Fsp3) is 0.267. The third kappa shape index (κ3) is 4.55. The largest absolute Gasteiger partial charge is 0.503 e. The quantitative estimate of drug-likeness (QED) is 0.281. The van der Waals surface area contributed by atoms with E-state index in [0.717, 1.165) is 33.3 Å². The second-order valence-corrected chi connectivity index (χ2v) is 11.3. The molecule has 5 rings (SSSR count). The molecule has 0 saturated heterocycles. The molecule has 2 aromatic carbocycles. The molecule has 1 atom stereocenters. The van der Waals surface area contributed by atoms with Gasteiger partial charge in [-0.15, -0.1) is 11.3 Å². The van der Waals surface area contributed by atoms with Crippen molar-refractivity contribution in [2.24, 2.45) is 0 Å². The van der Waals surface area contributed by atoms with Gasteiger partial charge in [-0.05, 0) is 58.2 Å².